The Hall–Kier alpha value is -1.56. The predicted molar refractivity (Wildman–Crippen MR) is 109 cm³/mol. The van der Waals surface area contributed by atoms with Gasteiger partial charge in [-0.3, -0.25) is 4.68 Å². The summed E-state index contributed by atoms with van der Waals surface area (Å²) in [4.78, 5) is 12.3. The predicted octanol–water partition coefficient (Wildman–Crippen LogP) is 3.70. The summed E-state index contributed by atoms with van der Waals surface area (Å²) < 4.78 is 7.82. The van der Waals surface area contributed by atoms with Crippen LogP contribution in [0.3, 0.4) is 0 Å². The molecule has 1 aromatic rings. The first kappa shape index (κ1) is 19.7. The number of amides is 1. The third kappa shape index (κ3) is 4.07. The fraction of sp³-hybridized carbons (Fsp3) is 0.818. The molecule has 3 aliphatic rings. The topological polar surface area (TPSA) is 68.2 Å². The van der Waals surface area contributed by atoms with Gasteiger partial charge in [0.2, 0.25) is 0 Å². The number of fused-ring (bicyclic) bond motifs is 3. The molecule has 0 aromatic carbocycles. The number of carbonyl (C=O) groups is 1. The van der Waals surface area contributed by atoms with Crippen molar-refractivity contribution in [3.8, 4) is 0 Å². The van der Waals surface area contributed by atoms with Gasteiger partial charge in [-0.15, -0.1) is 0 Å². The maximum Gasteiger partial charge on any atom is 0.407 e. The van der Waals surface area contributed by atoms with E-state index >= 15 is 0 Å². The second kappa shape index (κ2) is 7.36. The molecule has 0 saturated heterocycles. The maximum absolute atomic E-state index is 12.3. The SMILES string of the molecule is Cc1nn(CC23CCCC(C2)C(NC(=O)OC(C)(C)C)CC3)c2c1CNCC2. The second-order valence-corrected chi connectivity index (χ2v) is 10.2. The number of hydrogen-bond donors (Lipinski definition) is 2. The third-order valence-corrected chi connectivity index (χ3v) is 6.93. The van der Waals surface area contributed by atoms with Crippen LogP contribution in [0.4, 0.5) is 4.79 Å². The molecule has 2 aliphatic carbocycles. The first-order valence-electron chi connectivity index (χ1n) is 11.0. The lowest BCUT2D eigenvalue weighted by atomic mass is 9.60. The quantitative estimate of drug-likeness (QED) is 0.828. The van der Waals surface area contributed by atoms with Crippen LogP contribution in [-0.2, 0) is 24.2 Å². The van der Waals surface area contributed by atoms with Crippen molar-refractivity contribution in [1.82, 2.24) is 20.4 Å². The Labute approximate surface area is 168 Å². The van der Waals surface area contributed by atoms with Gasteiger partial charge in [-0.25, -0.2) is 4.79 Å². The average Bonchev–Trinajstić information content (AvgIpc) is 2.92. The number of aryl methyl sites for hydroxylation is 1. The van der Waals surface area contributed by atoms with Crippen LogP contribution >= 0.6 is 0 Å². The van der Waals surface area contributed by atoms with Gasteiger partial charge < -0.3 is 15.4 Å². The zero-order valence-corrected chi connectivity index (χ0v) is 17.9. The Bertz CT molecular complexity index is 736. The fourth-order valence-corrected chi connectivity index (χ4v) is 5.68. The van der Waals surface area contributed by atoms with Gasteiger partial charge in [-0.1, -0.05) is 6.42 Å². The van der Waals surface area contributed by atoms with E-state index in [2.05, 4.69) is 22.2 Å². The third-order valence-electron chi connectivity index (χ3n) is 6.93. The number of alkyl carbamates (subject to hydrolysis) is 1. The normalized spacial score (nSPS) is 29.9. The van der Waals surface area contributed by atoms with Crippen LogP contribution in [0.25, 0.3) is 0 Å². The van der Waals surface area contributed by atoms with Crippen molar-refractivity contribution in [2.45, 2.75) is 97.4 Å². The summed E-state index contributed by atoms with van der Waals surface area (Å²) in [5, 5.41) is 11.6. The van der Waals surface area contributed by atoms with Crippen LogP contribution in [0, 0.1) is 18.3 Å². The number of rotatable bonds is 3. The van der Waals surface area contributed by atoms with E-state index in [1.54, 1.807) is 0 Å². The molecule has 1 aliphatic heterocycles. The van der Waals surface area contributed by atoms with Crippen LogP contribution in [-0.4, -0.2) is 34.1 Å². The van der Waals surface area contributed by atoms with E-state index in [1.807, 2.05) is 20.8 Å². The standard InChI is InChI=1S/C22H36N4O2/c1-15-17-13-23-11-8-19(17)26(25-15)14-22-9-5-6-16(12-22)18(7-10-22)24-20(27)28-21(2,3)4/h16,18,23H,5-14H2,1-4H3,(H,24,27). The molecule has 4 rings (SSSR count). The van der Waals surface area contributed by atoms with Gasteiger partial charge in [0.25, 0.3) is 0 Å². The Kier molecular flexibility index (Phi) is 5.19. The highest BCUT2D eigenvalue weighted by Gasteiger charge is 2.45. The highest BCUT2D eigenvalue weighted by molar-refractivity contribution is 5.68. The van der Waals surface area contributed by atoms with Gasteiger partial charge in [-0.05, 0) is 71.1 Å². The van der Waals surface area contributed by atoms with E-state index in [-0.39, 0.29) is 12.1 Å². The van der Waals surface area contributed by atoms with E-state index in [1.165, 1.54) is 42.6 Å². The van der Waals surface area contributed by atoms with E-state index in [4.69, 9.17) is 9.84 Å². The molecule has 3 unspecified atom stereocenters. The molecule has 2 heterocycles. The Morgan fingerprint density at radius 1 is 1.36 bits per heavy atom. The summed E-state index contributed by atoms with van der Waals surface area (Å²) in [5.41, 5.74) is 3.94. The van der Waals surface area contributed by atoms with Gasteiger partial charge in [-0.2, -0.15) is 5.10 Å². The summed E-state index contributed by atoms with van der Waals surface area (Å²) in [7, 11) is 0. The van der Waals surface area contributed by atoms with Crippen molar-refractivity contribution >= 4 is 6.09 Å². The summed E-state index contributed by atoms with van der Waals surface area (Å²) in [6.45, 7) is 10.9. The zero-order valence-electron chi connectivity index (χ0n) is 17.9. The van der Waals surface area contributed by atoms with E-state index in [0.717, 1.165) is 38.9 Å². The molecule has 0 spiro atoms. The monoisotopic (exact) mass is 388 g/mol. The van der Waals surface area contributed by atoms with Gasteiger partial charge in [0, 0.05) is 43.4 Å². The van der Waals surface area contributed by atoms with E-state index in [9.17, 15) is 4.79 Å². The number of hydrogen-bond acceptors (Lipinski definition) is 4. The smallest absolute Gasteiger partial charge is 0.407 e. The Balaban J connectivity index is 1.44. The van der Waals surface area contributed by atoms with Gasteiger partial charge >= 0.3 is 6.09 Å². The van der Waals surface area contributed by atoms with Crippen molar-refractivity contribution < 1.29 is 9.53 Å². The van der Waals surface area contributed by atoms with Crippen LogP contribution in [0.2, 0.25) is 0 Å². The lowest BCUT2D eigenvalue weighted by Gasteiger charge is -2.49. The highest BCUT2D eigenvalue weighted by atomic mass is 16.6. The van der Waals surface area contributed by atoms with Crippen LogP contribution in [0.15, 0.2) is 0 Å². The van der Waals surface area contributed by atoms with E-state index < -0.39 is 5.60 Å². The number of aromatic nitrogens is 2. The summed E-state index contributed by atoms with van der Waals surface area (Å²) in [6.07, 6.45) is 7.97. The zero-order chi connectivity index (χ0) is 19.9. The first-order valence-corrected chi connectivity index (χ1v) is 11.0. The first-order chi connectivity index (χ1) is 13.2. The number of nitrogens with zero attached hydrogens (tertiary/aromatic N) is 2. The lowest BCUT2D eigenvalue weighted by molar-refractivity contribution is 0.0176. The maximum atomic E-state index is 12.3. The Morgan fingerprint density at radius 2 is 2.18 bits per heavy atom. The highest BCUT2D eigenvalue weighted by Crippen LogP contribution is 2.50. The summed E-state index contributed by atoms with van der Waals surface area (Å²) in [6, 6.07) is 0.251. The molecule has 156 valence electrons. The molecule has 0 radical (unpaired) electrons. The van der Waals surface area contributed by atoms with Crippen molar-refractivity contribution in [2.75, 3.05) is 6.54 Å². The molecule has 1 aromatic heterocycles. The molecule has 6 nitrogen and oxygen atoms in total. The van der Waals surface area contributed by atoms with Crippen LogP contribution in [0.5, 0.6) is 0 Å². The Morgan fingerprint density at radius 3 is 2.96 bits per heavy atom. The van der Waals surface area contributed by atoms with Crippen molar-refractivity contribution in [1.29, 1.82) is 0 Å². The van der Waals surface area contributed by atoms with Crippen LogP contribution < -0.4 is 10.6 Å². The number of carbonyl (C=O) groups excluding carboxylic acids is 1. The van der Waals surface area contributed by atoms with Crippen molar-refractivity contribution in [3.63, 3.8) is 0 Å². The minimum absolute atomic E-state index is 0.251. The molecule has 28 heavy (non-hydrogen) atoms. The fourth-order valence-electron chi connectivity index (χ4n) is 5.68. The van der Waals surface area contributed by atoms with Gasteiger partial charge in [0.1, 0.15) is 5.60 Å². The largest absolute Gasteiger partial charge is 0.444 e. The molecule has 1 amide bonds. The van der Waals surface area contributed by atoms with Crippen molar-refractivity contribution in [3.05, 3.63) is 17.0 Å². The molecule has 2 saturated carbocycles. The second-order valence-electron chi connectivity index (χ2n) is 10.2. The molecular weight excluding hydrogens is 352 g/mol. The van der Waals surface area contributed by atoms with Crippen LogP contribution in [0.1, 0.15) is 76.2 Å². The number of ether oxygens (including phenoxy) is 1. The number of nitrogens with one attached hydrogen (secondary N) is 2. The summed E-state index contributed by atoms with van der Waals surface area (Å²) >= 11 is 0. The van der Waals surface area contributed by atoms with Gasteiger partial charge in [0.15, 0.2) is 0 Å². The molecule has 2 N–H and O–H groups in total. The molecule has 2 bridgehead atoms. The minimum Gasteiger partial charge on any atom is -0.444 e. The summed E-state index contributed by atoms with van der Waals surface area (Å²) in [5.74, 6) is 0.559. The molecule has 3 atom stereocenters. The molecular formula is C22H36N4O2. The molecule has 2 fully saturated rings. The average molecular weight is 389 g/mol. The van der Waals surface area contributed by atoms with Crippen molar-refractivity contribution in [2.24, 2.45) is 11.3 Å². The minimum atomic E-state index is -0.443. The van der Waals surface area contributed by atoms with Gasteiger partial charge in [0.05, 0.1) is 5.69 Å². The lowest BCUT2D eigenvalue weighted by Crippen LogP contribution is -2.50. The molecule has 6 heteroatoms. The van der Waals surface area contributed by atoms with E-state index in [0.29, 0.717) is 11.3 Å².